The Morgan fingerprint density at radius 3 is 3.12 bits per heavy atom. The van der Waals surface area contributed by atoms with Crippen LogP contribution < -0.4 is 5.32 Å². The van der Waals surface area contributed by atoms with E-state index in [2.05, 4.69) is 22.4 Å². The van der Waals surface area contributed by atoms with E-state index in [1.54, 1.807) is 7.11 Å². The summed E-state index contributed by atoms with van der Waals surface area (Å²) in [5, 5.41) is 7.36. The molecule has 1 fully saturated rings. The fourth-order valence-corrected chi connectivity index (χ4v) is 2.23. The Labute approximate surface area is 102 Å². The summed E-state index contributed by atoms with van der Waals surface area (Å²) < 4.78 is 10.6. The van der Waals surface area contributed by atoms with E-state index in [9.17, 15) is 0 Å². The molecule has 1 saturated heterocycles. The molecule has 1 N–H and O–H groups in total. The largest absolute Gasteiger partial charge is 0.373 e. The molecule has 17 heavy (non-hydrogen) atoms. The van der Waals surface area contributed by atoms with Crippen LogP contribution in [0.2, 0.25) is 0 Å². The maximum absolute atomic E-state index is 5.36. The van der Waals surface area contributed by atoms with Crippen molar-refractivity contribution in [1.29, 1.82) is 0 Å². The summed E-state index contributed by atoms with van der Waals surface area (Å²) in [6.07, 6.45) is 4.03. The minimum absolute atomic E-state index is 0.0285. The first-order chi connectivity index (χ1) is 8.33. The Kier molecular flexibility index (Phi) is 4.50. The SMILES string of the molecule is CCCC(OC)c1noc(CC2CCNC2)n1. The third-order valence-corrected chi connectivity index (χ3v) is 3.23. The van der Waals surface area contributed by atoms with Crippen LogP contribution >= 0.6 is 0 Å². The van der Waals surface area contributed by atoms with Gasteiger partial charge in [-0.2, -0.15) is 4.98 Å². The van der Waals surface area contributed by atoms with Crippen molar-refractivity contribution in [3.63, 3.8) is 0 Å². The molecule has 2 atom stereocenters. The molecule has 0 aliphatic carbocycles. The number of aromatic nitrogens is 2. The van der Waals surface area contributed by atoms with Gasteiger partial charge in [0.25, 0.3) is 0 Å². The van der Waals surface area contributed by atoms with E-state index >= 15 is 0 Å². The molecule has 0 radical (unpaired) electrons. The first-order valence-electron chi connectivity index (χ1n) is 6.39. The second-order valence-corrected chi connectivity index (χ2v) is 4.62. The van der Waals surface area contributed by atoms with E-state index in [0.29, 0.717) is 11.7 Å². The Morgan fingerprint density at radius 2 is 2.47 bits per heavy atom. The summed E-state index contributed by atoms with van der Waals surface area (Å²) in [5.41, 5.74) is 0. The molecule has 0 amide bonds. The molecule has 5 nitrogen and oxygen atoms in total. The average Bonchev–Trinajstić information content (AvgIpc) is 2.98. The van der Waals surface area contributed by atoms with E-state index in [4.69, 9.17) is 9.26 Å². The van der Waals surface area contributed by atoms with E-state index in [1.165, 1.54) is 6.42 Å². The lowest BCUT2D eigenvalue weighted by Crippen LogP contribution is -2.11. The van der Waals surface area contributed by atoms with Crippen LogP contribution in [0.1, 0.15) is 44.0 Å². The zero-order valence-corrected chi connectivity index (χ0v) is 10.6. The van der Waals surface area contributed by atoms with Gasteiger partial charge in [0, 0.05) is 13.5 Å². The number of nitrogens with one attached hydrogen (secondary N) is 1. The van der Waals surface area contributed by atoms with Gasteiger partial charge in [-0.3, -0.25) is 0 Å². The topological polar surface area (TPSA) is 60.2 Å². The predicted molar refractivity (Wildman–Crippen MR) is 63.6 cm³/mol. The number of ether oxygens (including phenoxy) is 1. The van der Waals surface area contributed by atoms with Gasteiger partial charge in [0.2, 0.25) is 11.7 Å². The predicted octanol–water partition coefficient (Wildman–Crippen LogP) is 1.71. The summed E-state index contributed by atoms with van der Waals surface area (Å²) >= 11 is 0. The molecule has 1 aliphatic rings. The first-order valence-corrected chi connectivity index (χ1v) is 6.39. The molecule has 2 unspecified atom stereocenters. The molecule has 96 valence electrons. The van der Waals surface area contributed by atoms with Crippen molar-refractivity contribution in [2.24, 2.45) is 5.92 Å². The smallest absolute Gasteiger partial charge is 0.227 e. The highest BCUT2D eigenvalue weighted by Crippen LogP contribution is 2.20. The van der Waals surface area contributed by atoms with Crippen LogP contribution in [-0.4, -0.2) is 30.3 Å². The summed E-state index contributed by atoms with van der Waals surface area (Å²) in [4.78, 5) is 4.43. The Bertz CT molecular complexity index is 334. The van der Waals surface area contributed by atoms with Gasteiger partial charge in [-0.1, -0.05) is 18.5 Å². The molecule has 1 aromatic heterocycles. The summed E-state index contributed by atoms with van der Waals surface area (Å²) in [6.45, 7) is 4.28. The minimum Gasteiger partial charge on any atom is -0.373 e. The van der Waals surface area contributed by atoms with Crippen molar-refractivity contribution in [2.45, 2.75) is 38.7 Å². The van der Waals surface area contributed by atoms with Crippen molar-refractivity contribution in [2.75, 3.05) is 20.2 Å². The van der Waals surface area contributed by atoms with Crippen molar-refractivity contribution in [1.82, 2.24) is 15.5 Å². The second-order valence-electron chi connectivity index (χ2n) is 4.62. The zero-order valence-electron chi connectivity index (χ0n) is 10.6. The van der Waals surface area contributed by atoms with E-state index in [-0.39, 0.29) is 6.10 Å². The monoisotopic (exact) mass is 239 g/mol. The highest BCUT2D eigenvalue weighted by atomic mass is 16.5. The molecule has 2 heterocycles. The number of methoxy groups -OCH3 is 1. The van der Waals surface area contributed by atoms with Crippen LogP contribution in [0.15, 0.2) is 4.52 Å². The van der Waals surface area contributed by atoms with Gasteiger partial charge in [-0.05, 0) is 31.8 Å². The Morgan fingerprint density at radius 1 is 1.59 bits per heavy atom. The summed E-state index contributed by atoms with van der Waals surface area (Å²) in [6, 6.07) is 0. The number of hydrogen-bond donors (Lipinski definition) is 1. The third-order valence-electron chi connectivity index (χ3n) is 3.23. The van der Waals surface area contributed by atoms with Crippen LogP contribution in [0.4, 0.5) is 0 Å². The maximum Gasteiger partial charge on any atom is 0.227 e. The summed E-state index contributed by atoms with van der Waals surface area (Å²) in [5.74, 6) is 2.07. The molecule has 2 rings (SSSR count). The third kappa shape index (κ3) is 3.26. The maximum atomic E-state index is 5.36. The molecule has 1 aromatic rings. The van der Waals surface area contributed by atoms with Gasteiger partial charge in [-0.25, -0.2) is 0 Å². The number of rotatable bonds is 6. The lowest BCUT2D eigenvalue weighted by molar-refractivity contribution is 0.0854. The first kappa shape index (κ1) is 12.5. The quantitative estimate of drug-likeness (QED) is 0.819. The lowest BCUT2D eigenvalue weighted by Gasteiger charge is -2.08. The van der Waals surface area contributed by atoms with Crippen LogP contribution in [0.3, 0.4) is 0 Å². The van der Waals surface area contributed by atoms with Gasteiger partial charge < -0.3 is 14.6 Å². The fourth-order valence-electron chi connectivity index (χ4n) is 2.23. The molecule has 5 heteroatoms. The van der Waals surface area contributed by atoms with Gasteiger partial charge in [-0.15, -0.1) is 0 Å². The fraction of sp³-hybridized carbons (Fsp3) is 0.833. The standard InChI is InChI=1S/C12H21N3O2/c1-3-4-10(16-2)12-14-11(17-15-12)7-9-5-6-13-8-9/h9-10,13H,3-8H2,1-2H3. The van der Waals surface area contributed by atoms with Crippen LogP contribution in [0.5, 0.6) is 0 Å². The van der Waals surface area contributed by atoms with Crippen molar-refractivity contribution >= 4 is 0 Å². The Hall–Kier alpha value is -0.940. The normalized spacial score (nSPS) is 21.9. The van der Waals surface area contributed by atoms with E-state index in [0.717, 1.165) is 38.2 Å². The van der Waals surface area contributed by atoms with E-state index in [1.807, 2.05) is 0 Å². The lowest BCUT2D eigenvalue weighted by atomic mass is 10.1. The molecule has 0 saturated carbocycles. The summed E-state index contributed by atoms with van der Waals surface area (Å²) in [7, 11) is 1.69. The zero-order chi connectivity index (χ0) is 12.1. The van der Waals surface area contributed by atoms with Crippen LogP contribution in [0, 0.1) is 5.92 Å². The molecule has 0 aromatic carbocycles. The molecule has 0 bridgehead atoms. The number of hydrogen-bond acceptors (Lipinski definition) is 5. The van der Waals surface area contributed by atoms with E-state index < -0.39 is 0 Å². The van der Waals surface area contributed by atoms with Gasteiger partial charge in [0.05, 0.1) is 0 Å². The second kappa shape index (κ2) is 6.12. The van der Waals surface area contributed by atoms with Gasteiger partial charge >= 0.3 is 0 Å². The van der Waals surface area contributed by atoms with Crippen LogP contribution in [-0.2, 0) is 11.2 Å². The number of nitrogens with zero attached hydrogens (tertiary/aromatic N) is 2. The molecular formula is C12H21N3O2. The van der Waals surface area contributed by atoms with Gasteiger partial charge in [0.1, 0.15) is 6.10 Å². The Balaban J connectivity index is 1.94. The van der Waals surface area contributed by atoms with Crippen molar-refractivity contribution in [3.05, 3.63) is 11.7 Å². The molecule has 0 spiro atoms. The van der Waals surface area contributed by atoms with Crippen molar-refractivity contribution in [3.8, 4) is 0 Å². The minimum atomic E-state index is -0.0285. The van der Waals surface area contributed by atoms with Crippen LogP contribution in [0.25, 0.3) is 0 Å². The molecule has 1 aliphatic heterocycles. The highest BCUT2D eigenvalue weighted by Gasteiger charge is 2.21. The average molecular weight is 239 g/mol. The van der Waals surface area contributed by atoms with Crippen molar-refractivity contribution < 1.29 is 9.26 Å². The molecular weight excluding hydrogens is 218 g/mol. The highest BCUT2D eigenvalue weighted by molar-refractivity contribution is 4.93. The van der Waals surface area contributed by atoms with Gasteiger partial charge in [0.15, 0.2) is 0 Å².